The van der Waals surface area contributed by atoms with Gasteiger partial charge >= 0.3 is 0 Å². The number of thiophene rings is 1. The lowest BCUT2D eigenvalue weighted by molar-refractivity contribution is 0.0217. The zero-order valence-electron chi connectivity index (χ0n) is 13.4. The van der Waals surface area contributed by atoms with Gasteiger partial charge < -0.3 is 14.5 Å². The molecule has 0 aliphatic carbocycles. The summed E-state index contributed by atoms with van der Waals surface area (Å²) in [5.74, 6) is 0.173. The molecule has 4 nitrogen and oxygen atoms in total. The van der Waals surface area contributed by atoms with Crippen molar-refractivity contribution in [3.63, 3.8) is 0 Å². The van der Waals surface area contributed by atoms with Gasteiger partial charge in [0.05, 0.1) is 11.0 Å². The maximum atomic E-state index is 12.7. The Morgan fingerprint density at radius 2 is 2.05 bits per heavy atom. The van der Waals surface area contributed by atoms with Crippen LogP contribution in [-0.4, -0.2) is 61.1 Å². The lowest BCUT2D eigenvalue weighted by Gasteiger charge is -2.31. The van der Waals surface area contributed by atoms with Crippen LogP contribution in [0.2, 0.25) is 0 Å². The highest BCUT2D eigenvalue weighted by atomic mass is 32.1. The van der Waals surface area contributed by atoms with Crippen LogP contribution in [0.4, 0.5) is 0 Å². The summed E-state index contributed by atoms with van der Waals surface area (Å²) in [5, 5.41) is 0. The molecule has 2 aliphatic rings. The van der Waals surface area contributed by atoms with Crippen molar-refractivity contribution in [3.05, 3.63) is 21.9 Å². The van der Waals surface area contributed by atoms with E-state index in [0.717, 1.165) is 37.5 Å². The van der Waals surface area contributed by atoms with E-state index >= 15 is 0 Å². The van der Waals surface area contributed by atoms with Gasteiger partial charge in [0.1, 0.15) is 0 Å². The second-order valence-corrected chi connectivity index (χ2v) is 7.66. The molecule has 0 N–H and O–H groups in total. The fraction of sp³-hybridized carbons (Fsp3) is 0.706. The van der Waals surface area contributed by atoms with Gasteiger partial charge in [-0.2, -0.15) is 0 Å². The summed E-state index contributed by atoms with van der Waals surface area (Å²) in [6, 6.07) is 3.98. The van der Waals surface area contributed by atoms with Gasteiger partial charge in [0.2, 0.25) is 0 Å². The second-order valence-electron chi connectivity index (χ2n) is 6.37. The van der Waals surface area contributed by atoms with E-state index in [4.69, 9.17) is 4.74 Å². The highest BCUT2D eigenvalue weighted by Gasteiger charge is 2.26. The van der Waals surface area contributed by atoms with Gasteiger partial charge in [-0.1, -0.05) is 6.42 Å². The first-order chi connectivity index (χ1) is 10.7. The smallest absolute Gasteiger partial charge is 0.264 e. The number of amides is 1. The van der Waals surface area contributed by atoms with Gasteiger partial charge in [-0.25, -0.2) is 0 Å². The van der Waals surface area contributed by atoms with Crippen molar-refractivity contribution in [1.82, 2.24) is 9.80 Å². The first-order valence-electron chi connectivity index (χ1n) is 8.42. The lowest BCUT2D eigenvalue weighted by atomic mass is 10.1. The Hall–Kier alpha value is -0.910. The fourth-order valence-corrected chi connectivity index (χ4v) is 4.16. The van der Waals surface area contributed by atoms with E-state index < -0.39 is 0 Å². The maximum absolute atomic E-state index is 12.7. The van der Waals surface area contributed by atoms with Gasteiger partial charge in [0.25, 0.3) is 5.91 Å². The third kappa shape index (κ3) is 4.09. The van der Waals surface area contributed by atoms with E-state index in [1.165, 1.54) is 37.2 Å². The molecule has 1 aromatic rings. The molecule has 122 valence electrons. The van der Waals surface area contributed by atoms with Gasteiger partial charge in [-0.05, 0) is 51.4 Å². The van der Waals surface area contributed by atoms with E-state index in [0.29, 0.717) is 0 Å². The Morgan fingerprint density at radius 3 is 2.77 bits per heavy atom. The largest absolute Gasteiger partial charge is 0.375 e. The third-order valence-electron chi connectivity index (χ3n) is 4.50. The van der Waals surface area contributed by atoms with Crippen LogP contribution in [0.3, 0.4) is 0 Å². The first-order valence-corrected chi connectivity index (χ1v) is 9.24. The standard InChI is InChI=1S/C17H26N2O2S/c1-14-6-7-16(22-14)17(20)19-10-5-11-21-15(13-19)12-18-8-3-2-4-9-18/h6-7,15H,2-5,8-13H2,1H3/t15-/m0/s1. The number of rotatable bonds is 3. The average Bonchev–Trinajstić information content (AvgIpc) is 2.83. The summed E-state index contributed by atoms with van der Waals surface area (Å²) in [6.07, 6.45) is 5.04. The molecule has 0 bridgehead atoms. The summed E-state index contributed by atoms with van der Waals surface area (Å²) in [6.45, 7) is 7.68. The monoisotopic (exact) mass is 322 g/mol. The van der Waals surface area contributed by atoms with Crippen molar-refractivity contribution in [2.24, 2.45) is 0 Å². The molecule has 22 heavy (non-hydrogen) atoms. The topological polar surface area (TPSA) is 32.8 Å². The van der Waals surface area contributed by atoms with Crippen LogP contribution in [-0.2, 0) is 4.74 Å². The average molecular weight is 322 g/mol. The molecular formula is C17H26N2O2S. The van der Waals surface area contributed by atoms with Crippen LogP contribution in [0.15, 0.2) is 12.1 Å². The van der Waals surface area contributed by atoms with E-state index in [1.54, 1.807) is 11.3 Å². The number of nitrogens with zero attached hydrogens (tertiary/aromatic N) is 2. The highest BCUT2D eigenvalue weighted by molar-refractivity contribution is 7.13. The van der Waals surface area contributed by atoms with Crippen LogP contribution in [0, 0.1) is 6.92 Å². The fourth-order valence-electron chi connectivity index (χ4n) is 3.33. The number of carbonyl (C=O) groups is 1. The van der Waals surface area contributed by atoms with Gasteiger partial charge in [-0.15, -0.1) is 11.3 Å². The Morgan fingerprint density at radius 1 is 1.23 bits per heavy atom. The second kappa shape index (κ2) is 7.57. The Bertz CT molecular complexity index is 497. The van der Waals surface area contributed by atoms with Crippen molar-refractivity contribution < 1.29 is 9.53 Å². The molecule has 0 saturated carbocycles. The van der Waals surface area contributed by atoms with E-state index in [1.807, 2.05) is 24.0 Å². The van der Waals surface area contributed by atoms with Gasteiger partial charge in [-0.3, -0.25) is 4.79 Å². The molecule has 2 aliphatic heterocycles. The van der Waals surface area contributed by atoms with Crippen molar-refractivity contribution in [2.75, 3.05) is 39.3 Å². The number of ether oxygens (including phenoxy) is 1. The lowest BCUT2D eigenvalue weighted by Crippen LogP contribution is -2.43. The number of hydrogen-bond donors (Lipinski definition) is 0. The number of hydrogen-bond acceptors (Lipinski definition) is 4. The molecule has 2 saturated heterocycles. The molecular weight excluding hydrogens is 296 g/mol. The van der Waals surface area contributed by atoms with Crippen LogP contribution in [0.5, 0.6) is 0 Å². The highest BCUT2D eigenvalue weighted by Crippen LogP contribution is 2.19. The predicted octanol–water partition coefficient (Wildman–Crippen LogP) is 2.77. The third-order valence-corrected chi connectivity index (χ3v) is 5.49. The summed E-state index contributed by atoms with van der Waals surface area (Å²) < 4.78 is 6.00. The molecule has 1 aromatic heterocycles. The Balaban J connectivity index is 1.60. The van der Waals surface area contributed by atoms with Gasteiger partial charge in [0.15, 0.2) is 0 Å². The molecule has 0 aromatic carbocycles. The van der Waals surface area contributed by atoms with E-state index in [9.17, 15) is 4.79 Å². The normalized spacial score (nSPS) is 24.2. The minimum Gasteiger partial charge on any atom is -0.375 e. The van der Waals surface area contributed by atoms with Crippen molar-refractivity contribution >= 4 is 17.2 Å². The van der Waals surface area contributed by atoms with Crippen LogP contribution >= 0.6 is 11.3 Å². The minimum absolute atomic E-state index is 0.158. The Kier molecular flexibility index (Phi) is 5.50. The predicted molar refractivity (Wildman–Crippen MR) is 89.6 cm³/mol. The van der Waals surface area contributed by atoms with E-state index in [-0.39, 0.29) is 12.0 Å². The zero-order chi connectivity index (χ0) is 15.4. The van der Waals surface area contributed by atoms with Gasteiger partial charge in [0, 0.05) is 31.1 Å². The molecule has 2 fully saturated rings. The van der Waals surface area contributed by atoms with Crippen LogP contribution in [0.25, 0.3) is 0 Å². The molecule has 0 radical (unpaired) electrons. The number of piperidine rings is 1. The van der Waals surface area contributed by atoms with Crippen LogP contribution in [0.1, 0.15) is 40.2 Å². The molecule has 0 unspecified atom stereocenters. The first kappa shape index (κ1) is 16.0. The molecule has 1 amide bonds. The summed E-state index contributed by atoms with van der Waals surface area (Å²) in [7, 11) is 0. The summed E-state index contributed by atoms with van der Waals surface area (Å²) >= 11 is 1.59. The number of aryl methyl sites for hydroxylation is 1. The zero-order valence-corrected chi connectivity index (χ0v) is 14.2. The SMILES string of the molecule is Cc1ccc(C(=O)N2CCCO[C@@H](CN3CCCCC3)C2)s1. The molecule has 5 heteroatoms. The van der Waals surface area contributed by atoms with Crippen LogP contribution < -0.4 is 0 Å². The summed E-state index contributed by atoms with van der Waals surface area (Å²) in [4.78, 5) is 19.2. The Labute approximate surface area is 137 Å². The molecule has 1 atom stereocenters. The summed E-state index contributed by atoms with van der Waals surface area (Å²) in [5.41, 5.74) is 0. The van der Waals surface area contributed by atoms with Crippen molar-refractivity contribution in [1.29, 1.82) is 0 Å². The minimum atomic E-state index is 0.158. The number of likely N-dealkylation sites (tertiary alicyclic amines) is 1. The van der Waals surface area contributed by atoms with Crippen molar-refractivity contribution in [3.8, 4) is 0 Å². The molecule has 3 rings (SSSR count). The molecule has 0 spiro atoms. The van der Waals surface area contributed by atoms with E-state index in [2.05, 4.69) is 4.90 Å². The quantitative estimate of drug-likeness (QED) is 0.858. The van der Waals surface area contributed by atoms with Crippen molar-refractivity contribution in [2.45, 2.75) is 38.7 Å². The molecule has 3 heterocycles. The maximum Gasteiger partial charge on any atom is 0.264 e. The number of carbonyl (C=O) groups excluding carboxylic acids is 1.